The fourth-order valence-electron chi connectivity index (χ4n) is 3.82. The first-order chi connectivity index (χ1) is 8.08. The summed E-state index contributed by atoms with van der Waals surface area (Å²) in [5.41, 5.74) is 7.21. The van der Waals surface area contributed by atoms with Crippen LogP contribution in [0.2, 0.25) is 0 Å². The number of benzene rings is 1. The van der Waals surface area contributed by atoms with Crippen molar-refractivity contribution in [2.75, 3.05) is 0 Å². The van der Waals surface area contributed by atoms with Gasteiger partial charge in [-0.05, 0) is 41.7 Å². The molecule has 1 nitrogen and oxygen atoms in total. The minimum Gasteiger partial charge on any atom is -0.327 e. The van der Waals surface area contributed by atoms with Crippen molar-refractivity contribution in [2.24, 2.45) is 17.1 Å². The van der Waals surface area contributed by atoms with Crippen LogP contribution in [0.25, 0.3) is 0 Å². The third kappa shape index (κ3) is 1.61. The number of rotatable bonds is 3. The van der Waals surface area contributed by atoms with Gasteiger partial charge in [0.2, 0.25) is 0 Å². The molecule has 1 fully saturated rings. The Labute approximate surface area is 103 Å². The summed E-state index contributed by atoms with van der Waals surface area (Å²) in [4.78, 5) is 0. The van der Waals surface area contributed by atoms with Crippen molar-refractivity contribution in [3.05, 3.63) is 35.6 Å². The zero-order chi connectivity index (χ0) is 12.6. The average Bonchev–Trinajstić information content (AvgIpc) is 2.36. The van der Waals surface area contributed by atoms with E-state index in [1.165, 1.54) is 0 Å². The van der Waals surface area contributed by atoms with Gasteiger partial charge in [-0.15, -0.1) is 0 Å². The Kier molecular flexibility index (Phi) is 3.26. The number of nitrogens with two attached hydrogens (primary N) is 1. The molecule has 3 unspecified atom stereocenters. The number of hydrogen-bond donors (Lipinski definition) is 1. The lowest BCUT2D eigenvalue weighted by atomic mass is 9.47. The minimum absolute atomic E-state index is 0.0810. The van der Waals surface area contributed by atoms with E-state index in [0.717, 1.165) is 18.4 Å². The van der Waals surface area contributed by atoms with E-state index in [0.29, 0.717) is 5.92 Å². The van der Waals surface area contributed by atoms with Crippen LogP contribution in [0.3, 0.4) is 0 Å². The van der Waals surface area contributed by atoms with Crippen LogP contribution in [0, 0.1) is 17.2 Å². The van der Waals surface area contributed by atoms with Crippen LogP contribution in [0.5, 0.6) is 0 Å². The summed E-state index contributed by atoms with van der Waals surface area (Å²) >= 11 is 0. The van der Waals surface area contributed by atoms with Gasteiger partial charge in [-0.2, -0.15) is 0 Å². The molecule has 0 saturated heterocycles. The molecule has 0 aliphatic heterocycles. The van der Waals surface area contributed by atoms with Crippen LogP contribution >= 0.6 is 0 Å². The second kappa shape index (κ2) is 4.41. The van der Waals surface area contributed by atoms with Gasteiger partial charge in [0, 0.05) is 6.04 Å². The van der Waals surface area contributed by atoms with E-state index in [9.17, 15) is 4.39 Å². The van der Waals surface area contributed by atoms with Gasteiger partial charge in [-0.25, -0.2) is 4.39 Å². The quantitative estimate of drug-likeness (QED) is 0.849. The Morgan fingerprint density at radius 1 is 1.24 bits per heavy atom. The Hall–Kier alpha value is -0.890. The van der Waals surface area contributed by atoms with Crippen molar-refractivity contribution in [1.82, 2.24) is 0 Å². The van der Waals surface area contributed by atoms with Gasteiger partial charge in [0.05, 0.1) is 0 Å². The van der Waals surface area contributed by atoms with Crippen LogP contribution in [0.15, 0.2) is 24.3 Å². The van der Waals surface area contributed by atoms with Crippen molar-refractivity contribution in [2.45, 2.75) is 45.6 Å². The Bertz CT molecular complexity index is 398. The second-order valence-electron chi connectivity index (χ2n) is 5.32. The van der Waals surface area contributed by atoms with E-state index < -0.39 is 0 Å². The highest BCUT2D eigenvalue weighted by atomic mass is 19.1. The molecule has 1 aromatic carbocycles. The van der Waals surface area contributed by atoms with Gasteiger partial charge < -0.3 is 5.73 Å². The van der Waals surface area contributed by atoms with Crippen molar-refractivity contribution in [3.8, 4) is 0 Å². The molecule has 2 heteroatoms. The van der Waals surface area contributed by atoms with Crippen molar-refractivity contribution >= 4 is 0 Å². The zero-order valence-electron chi connectivity index (χ0n) is 10.9. The van der Waals surface area contributed by atoms with Crippen LogP contribution in [0.4, 0.5) is 4.39 Å². The minimum atomic E-state index is -0.0810. The van der Waals surface area contributed by atoms with Gasteiger partial charge in [-0.3, -0.25) is 0 Å². The van der Waals surface area contributed by atoms with Gasteiger partial charge in [-0.1, -0.05) is 39.0 Å². The van der Waals surface area contributed by atoms with Gasteiger partial charge >= 0.3 is 0 Å². The lowest BCUT2D eigenvalue weighted by Crippen LogP contribution is -2.62. The normalized spacial score (nSPS) is 31.0. The summed E-state index contributed by atoms with van der Waals surface area (Å²) in [6, 6.07) is 7.35. The summed E-state index contributed by atoms with van der Waals surface area (Å²) in [5.74, 6) is 0.558. The molecule has 0 amide bonds. The fourth-order valence-corrected chi connectivity index (χ4v) is 3.82. The first-order valence-electron chi connectivity index (χ1n) is 6.58. The average molecular weight is 235 g/mol. The maximum absolute atomic E-state index is 13.9. The summed E-state index contributed by atoms with van der Waals surface area (Å²) in [5, 5.41) is 0. The van der Waals surface area contributed by atoms with E-state index in [1.807, 2.05) is 12.1 Å². The van der Waals surface area contributed by atoms with Crippen LogP contribution in [-0.4, -0.2) is 6.04 Å². The van der Waals surface area contributed by atoms with Crippen molar-refractivity contribution in [1.29, 1.82) is 0 Å². The summed E-state index contributed by atoms with van der Waals surface area (Å²) in [7, 11) is 0. The van der Waals surface area contributed by atoms with E-state index in [1.54, 1.807) is 12.1 Å². The third-order valence-electron chi connectivity index (χ3n) is 4.93. The molecule has 1 saturated carbocycles. The topological polar surface area (TPSA) is 26.0 Å². The van der Waals surface area contributed by atoms with Gasteiger partial charge in [0.15, 0.2) is 0 Å². The molecule has 17 heavy (non-hydrogen) atoms. The van der Waals surface area contributed by atoms with Gasteiger partial charge in [0.25, 0.3) is 0 Å². The van der Waals surface area contributed by atoms with E-state index >= 15 is 0 Å². The number of halogens is 1. The lowest BCUT2D eigenvalue weighted by molar-refractivity contribution is -0.0196. The molecule has 0 aromatic heterocycles. The molecular formula is C15H22FN. The van der Waals surface area contributed by atoms with Crippen molar-refractivity contribution < 1.29 is 4.39 Å². The summed E-state index contributed by atoms with van der Waals surface area (Å²) in [6.45, 7) is 6.48. The SMILES string of the molecule is CCC1(CC)C(N)C(C)C1c1ccccc1F. The molecular weight excluding hydrogens is 213 g/mol. The van der Waals surface area contributed by atoms with E-state index in [2.05, 4.69) is 20.8 Å². The summed E-state index contributed by atoms with van der Waals surface area (Å²) in [6.07, 6.45) is 2.04. The molecule has 2 rings (SSSR count). The predicted octanol–water partition coefficient (Wildman–Crippen LogP) is 3.69. The summed E-state index contributed by atoms with van der Waals surface area (Å²) < 4.78 is 13.9. The highest BCUT2D eigenvalue weighted by molar-refractivity contribution is 5.31. The molecule has 2 N–H and O–H groups in total. The van der Waals surface area contributed by atoms with Crippen LogP contribution < -0.4 is 5.73 Å². The zero-order valence-corrected chi connectivity index (χ0v) is 10.9. The highest BCUT2D eigenvalue weighted by Crippen LogP contribution is 2.60. The second-order valence-corrected chi connectivity index (χ2v) is 5.32. The van der Waals surface area contributed by atoms with Crippen LogP contribution in [0.1, 0.15) is 45.1 Å². The maximum Gasteiger partial charge on any atom is 0.126 e. The smallest absolute Gasteiger partial charge is 0.126 e. The first-order valence-corrected chi connectivity index (χ1v) is 6.58. The molecule has 1 aliphatic rings. The molecule has 1 aromatic rings. The van der Waals surface area contributed by atoms with Gasteiger partial charge in [0.1, 0.15) is 5.82 Å². The van der Waals surface area contributed by atoms with Crippen molar-refractivity contribution in [3.63, 3.8) is 0 Å². The van der Waals surface area contributed by atoms with E-state index in [-0.39, 0.29) is 23.2 Å². The maximum atomic E-state index is 13.9. The molecule has 3 atom stereocenters. The van der Waals surface area contributed by atoms with E-state index in [4.69, 9.17) is 5.73 Å². The highest BCUT2D eigenvalue weighted by Gasteiger charge is 2.56. The molecule has 1 aliphatic carbocycles. The van der Waals surface area contributed by atoms with Crippen LogP contribution in [-0.2, 0) is 0 Å². The fraction of sp³-hybridized carbons (Fsp3) is 0.600. The lowest BCUT2D eigenvalue weighted by Gasteiger charge is -2.59. The predicted molar refractivity (Wildman–Crippen MR) is 69.3 cm³/mol. The number of hydrogen-bond acceptors (Lipinski definition) is 1. The molecule has 0 spiro atoms. The Balaban J connectivity index is 2.41. The largest absolute Gasteiger partial charge is 0.327 e. The third-order valence-corrected chi connectivity index (χ3v) is 4.93. The molecule has 0 bridgehead atoms. The molecule has 94 valence electrons. The Morgan fingerprint density at radius 2 is 1.82 bits per heavy atom. The molecule has 0 radical (unpaired) electrons. The standard InChI is InChI=1S/C15H22FN/c1-4-15(5-2)13(10(3)14(15)17)11-8-6-7-9-12(11)16/h6-10,13-14H,4-5,17H2,1-3H3. The first kappa shape index (κ1) is 12.6. The Morgan fingerprint density at radius 3 is 2.35 bits per heavy atom. The molecule has 0 heterocycles. The monoisotopic (exact) mass is 235 g/mol.